The normalized spacial score (nSPS) is 11.2. The van der Waals surface area contributed by atoms with E-state index in [0.29, 0.717) is 16.2 Å². The van der Waals surface area contributed by atoms with E-state index in [0.717, 1.165) is 6.54 Å². The van der Waals surface area contributed by atoms with E-state index in [1.807, 2.05) is 0 Å². The van der Waals surface area contributed by atoms with Crippen LogP contribution in [0.15, 0.2) is 26.6 Å². The van der Waals surface area contributed by atoms with Gasteiger partial charge in [0.1, 0.15) is 12.2 Å². The summed E-state index contributed by atoms with van der Waals surface area (Å²) in [4.78, 5) is 29.3. The van der Waals surface area contributed by atoms with Gasteiger partial charge in [-0.2, -0.15) is 5.10 Å². The fourth-order valence-corrected chi connectivity index (χ4v) is 2.01. The quantitative estimate of drug-likeness (QED) is 0.890. The van der Waals surface area contributed by atoms with Crippen molar-refractivity contribution in [3.05, 3.63) is 43.7 Å². The van der Waals surface area contributed by atoms with Crippen molar-refractivity contribution >= 4 is 15.9 Å². The highest BCUT2D eigenvalue weighted by atomic mass is 79.9. The molecule has 0 bridgehead atoms. The third-order valence-electron chi connectivity index (χ3n) is 2.51. The molecule has 0 amide bonds. The lowest BCUT2D eigenvalue weighted by molar-refractivity contribution is 0.458. The molecule has 0 spiro atoms. The van der Waals surface area contributed by atoms with Crippen molar-refractivity contribution in [1.82, 2.24) is 24.3 Å². The molecule has 0 fully saturated rings. The zero-order valence-electron chi connectivity index (χ0n) is 10.6. The molecule has 0 aliphatic rings. The van der Waals surface area contributed by atoms with Crippen molar-refractivity contribution in [1.29, 1.82) is 0 Å². The van der Waals surface area contributed by atoms with E-state index in [1.54, 1.807) is 4.68 Å². The molecule has 19 heavy (non-hydrogen) atoms. The number of aromatic nitrogens is 5. The monoisotopic (exact) mass is 327 g/mol. The molecule has 1 N–H and O–H groups in total. The van der Waals surface area contributed by atoms with Gasteiger partial charge in [-0.25, -0.2) is 14.5 Å². The Kier molecular flexibility index (Phi) is 3.98. The van der Waals surface area contributed by atoms with Crippen molar-refractivity contribution in [2.24, 2.45) is 5.92 Å². The fourth-order valence-electron chi connectivity index (χ4n) is 1.66. The van der Waals surface area contributed by atoms with Crippen LogP contribution in [0, 0.1) is 5.92 Å². The molecule has 8 heteroatoms. The Labute approximate surface area is 117 Å². The van der Waals surface area contributed by atoms with Crippen LogP contribution in [-0.4, -0.2) is 24.3 Å². The molecule has 0 aliphatic carbocycles. The maximum atomic E-state index is 11.7. The van der Waals surface area contributed by atoms with Crippen LogP contribution in [0.2, 0.25) is 0 Å². The van der Waals surface area contributed by atoms with E-state index in [-0.39, 0.29) is 6.54 Å². The number of nitrogens with zero attached hydrogens (tertiary/aromatic N) is 4. The molecule has 0 radical (unpaired) electrons. The molecule has 2 aromatic heterocycles. The molecule has 0 unspecified atom stereocenters. The number of aromatic amines is 1. The van der Waals surface area contributed by atoms with Crippen LogP contribution in [0.5, 0.6) is 0 Å². The second-order valence-electron chi connectivity index (χ2n) is 4.62. The zero-order chi connectivity index (χ0) is 14.0. The summed E-state index contributed by atoms with van der Waals surface area (Å²) in [6.07, 6.45) is 2.92. The third-order valence-corrected chi connectivity index (χ3v) is 3.08. The van der Waals surface area contributed by atoms with Gasteiger partial charge in [0.05, 0.1) is 11.0 Å². The summed E-state index contributed by atoms with van der Waals surface area (Å²) in [6.45, 7) is 5.15. The Morgan fingerprint density at radius 2 is 2.16 bits per heavy atom. The van der Waals surface area contributed by atoms with Crippen molar-refractivity contribution in [2.45, 2.75) is 26.9 Å². The molecule has 2 aromatic rings. The van der Waals surface area contributed by atoms with Gasteiger partial charge < -0.3 is 0 Å². The highest BCUT2D eigenvalue weighted by Crippen LogP contribution is 2.04. The molecular weight excluding hydrogens is 314 g/mol. The number of rotatable bonds is 4. The van der Waals surface area contributed by atoms with E-state index < -0.39 is 11.2 Å². The number of H-pyrrole nitrogens is 1. The molecule has 102 valence electrons. The Morgan fingerprint density at radius 3 is 2.84 bits per heavy atom. The summed E-state index contributed by atoms with van der Waals surface area (Å²) in [5.74, 6) is 1.11. The molecular formula is C11H14BrN5O2. The lowest BCUT2D eigenvalue weighted by Gasteiger charge is -2.09. The summed E-state index contributed by atoms with van der Waals surface area (Å²) >= 11 is 3.10. The topological polar surface area (TPSA) is 85.6 Å². The maximum absolute atomic E-state index is 11.7. The SMILES string of the molecule is CC(C)Cn1ncnc1Cn1cc(Br)c(=O)[nH]c1=O. The summed E-state index contributed by atoms with van der Waals surface area (Å²) in [5, 5.41) is 4.13. The Bertz CT molecular complexity index is 685. The molecule has 0 saturated heterocycles. The molecule has 0 atom stereocenters. The maximum Gasteiger partial charge on any atom is 0.328 e. The van der Waals surface area contributed by atoms with Gasteiger partial charge in [-0.05, 0) is 21.8 Å². The zero-order valence-corrected chi connectivity index (χ0v) is 12.2. The van der Waals surface area contributed by atoms with Crippen molar-refractivity contribution in [2.75, 3.05) is 0 Å². The minimum absolute atomic E-state index is 0.265. The van der Waals surface area contributed by atoms with Crippen LogP contribution in [0.3, 0.4) is 0 Å². The largest absolute Gasteiger partial charge is 0.328 e. The van der Waals surface area contributed by atoms with Gasteiger partial charge in [0.2, 0.25) is 0 Å². The standard InChI is InChI=1S/C11H14BrN5O2/c1-7(2)3-17-9(13-6-14-17)5-16-4-8(12)10(18)15-11(16)19/h4,6-7H,3,5H2,1-2H3,(H,15,18,19). The summed E-state index contributed by atoms with van der Waals surface area (Å²) in [6, 6.07) is 0. The second-order valence-corrected chi connectivity index (χ2v) is 5.47. The number of hydrogen-bond acceptors (Lipinski definition) is 4. The van der Waals surface area contributed by atoms with Crippen LogP contribution in [-0.2, 0) is 13.1 Å². The molecule has 0 saturated carbocycles. The van der Waals surface area contributed by atoms with Gasteiger partial charge in [-0.1, -0.05) is 13.8 Å². The average molecular weight is 328 g/mol. The predicted octanol–water partition coefficient (Wildman–Crippen LogP) is 0.595. The number of hydrogen-bond donors (Lipinski definition) is 1. The Balaban J connectivity index is 2.32. The van der Waals surface area contributed by atoms with E-state index in [4.69, 9.17) is 0 Å². The minimum Gasteiger partial charge on any atom is -0.292 e. The van der Waals surface area contributed by atoms with Gasteiger partial charge in [0.25, 0.3) is 5.56 Å². The predicted molar refractivity (Wildman–Crippen MR) is 73.0 cm³/mol. The number of nitrogens with one attached hydrogen (secondary N) is 1. The lowest BCUT2D eigenvalue weighted by atomic mass is 10.2. The summed E-state index contributed by atoms with van der Waals surface area (Å²) in [7, 11) is 0. The summed E-state index contributed by atoms with van der Waals surface area (Å²) in [5.41, 5.74) is -0.905. The first-order chi connectivity index (χ1) is 8.97. The summed E-state index contributed by atoms with van der Waals surface area (Å²) < 4.78 is 3.45. The lowest BCUT2D eigenvalue weighted by Crippen LogP contribution is -2.31. The van der Waals surface area contributed by atoms with E-state index in [1.165, 1.54) is 17.1 Å². The van der Waals surface area contributed by atoms with Crippen LogP contribution in [0.4, 0.5) is 0 Å². The van der Waals surface area contributed by atoms with Gasteiger partial charge in [-0.3, -0.25) is 14.3 Å². The van der Waals surface area contributed by atoms with Crippen LogP contribution in [0.1, 0.15) is 19.7 Å². The minimum atomic E-state index is -0.465. The highest BCUT2D eigenvalue weighted by Gasteiger charge is 2.09. The van der Waals surface area contributed by atoms with Crippen LogP contribution < -0.4 is 11.2 Å². The third kappa shape index (κ3) is 3.19. The second kappa shape index (κ2) is 5.52. The van der Waals surface area contributed by atoms with Crippen molar-refractivity contribution in [3.63, 3.8) is 0 Å². The van der Waals surface area contributed by atoms with Gasteiger partial charge in [-0.15, -0.1) is 0 Å². The van der Waals surface area contributed by atoms with Crippen molar-refractivity contribution in [3.8, 4) is 0 Å². The van der Waals surface area contributed by atoms with E-state index >= 15 is 0 Å². The highest BCUT2D eigenvalue weighted by molar-refractivity contribution is 9.10. The average Bonchev–Trinajstić information content (AvgIpc) is 2.72. The molecule has 2 heterocycles. The molecule has 0 aliphatic heterocycles. The van der Waals surface area contributed by atoms with E-state index in [2.05, 4.69) is 44.8 Å². The van der Waals surface area contributed by atoms with Crippen molar-refractivity contribution < 1.29 is 0 Å². The molecule has 0 aromatic carbocycles. The first kappa shape index (κ1) is 13.7. The van der Waals surface area contributed by atoms with Gasteiger partial charge in [0.15, 0.2) is 0 Å². The van der Waals surface area contributed by atoms with Gasteiger partial charge in [0, 0.05) is 12.7 Å². The van der Waals surface area contributed by atoms with E-state index in [9.17, 15) is 9.59 Å². The molecule has 7 nitrogen and oxygen atoms in total. The fraction of sp³-hybridized carbons (Fsp3) is 0.455. The molecule has 2 rings (SSSR count). The van der Waals surface area contributed by atoms with Gasteiger partial charge >= 0.3 is 5.69 Å². The van der Waals surface area contributed by atoms with Crippen LogP contribution in [0.25, 0.3) is 0 Å². The smallest absolute Gasteiger partial charge is 0.292 e. The Hall–Kier alpha value is -1.70. The first-order valence-corrected chi connectivity index (χ1v) is 6.62. The van der Waals surface area contributed by atoms with Crippen LogP contribution >= 0.6 is 15.9 Å². The Morgan fingerprint density at radius 1 is 1.42 bits per heavy atom. The number of halogens is 1. The first-order valence-electron chi connectivity index (χ1n) is 5.83.